The Morgan fingerprint density at radius 1 is 1.33 bits per heavy atom. The summed E-state index contributed by atoms with van der Waals surface area (Å²) in [5.41, 5.74) is 5.86. The van der Waals surface area contributed by atoms with Crippen LogP contribution in [0.3, 0.4) is 0 Å². The van der Waals surface area contributed by atoms with E-state index in [4.69, 9.17) is 5.73 Å². The van der Waals surface area contributed by atoms with Crippen molar-refractivity contribution in [2.75, 3.05) is 12.3 Å². The van der Waals surface area contributed by atoms with Gasteiger partial charge in [-0.3, -0.25) is 8.98 Å². The average Bonchev–Trinajstić information content (AvgIpc) is 2.16. The first kappa shape index (κ1) is 11.7. The number of carbonyl (C=O) groups is 1. The van der Waals surface area contributed by atoms with Crippen molar-refractivity contribution in [1.29, 1.82) is 0 Å². The van der Waals surface area contributed by atoms with Crippen LogP contribution in [0.15, 0.2) is 29.2 Å². The van der Waals surface area contributed by atoms with Crippen LogP contribution in [0.4, 0.5) is 5.69 Å². The number of nitrogen functional groups attached to an aromatic ring is 1. The van der Waals surface area contributed by atoms with Crippen LogP contribution in [0.1, 0.15) is 6.92 Å². The molecule has 0 spiro atoms. The Bertz CT molecular complexity index is 450. The van der Waals surface area contributed by atoms with Gasteiger partial charge >= 0.3 is 0 Å². The molecule has 2 N–H and O–H groups in total. The number of hydrogen-bond donors (Lipinski definition) is 1. The van der Waals surface area contributed by atoms with Gasteiger partial charge in [0.15, 0.2) is 5.78 Å². The van der Waals surface area contributed by atoms with E-state index in [1.165, 1.54) is 31.2 Å². The summed E-state index contributed by atoms with van der Waals surface area (Å²) in [6, 6.07) is 5.55. The molecule has 15 heavy (non-hydrogen) atoms. The maximum absolute atomic E-state index is 11.4. The Morgan fingerprint density at radius 3 is 2.33 bits per heavy atom. The molecule has 0 fully saturated rings. The molecule has 0 saturated heterocycles. The quantitative estimate of drug-likeness (QED) is 0.602. The maximum Gasteiger partial charge on any atom is 0.297 e. The van der Waals surface area contributed by atoms with E-state index in [9.17, 15) is 13.2 Å². The molecule has 1 aromatic carbocycles. The molecule has 0 saturated carbocycles. The smallest absolute Gasteiger partial charge is 0.297 e. The summed E-state index contributed by atoms with van der Waals surface area (Å²) in [6.07, 6.45) is 0. The molecule has 1 rings (SSSR count). The highest BCUT2D eigenvalue weighted by Crippen LogP contribution is 2.14. The zero-order valence-electron chi connectivity index (χ0n) is 8.14. The van der Waals surface area contributed by atoms with Crippen molar-refractivity contribution < 1.29 is 17.4 Å². The lowest BCUT2D eigenvalue weighted by Gasteiger charge is -2.03. The van der Waals surface area contributed by atoms with Crippen LogP contribution in [0.25, 0.3) is 0 Å². The van der Waals surface area contributed by atoms with Gasteiger partial charge in [0.1, 0.15) is 6.61 Å². The Labute approximate surface area is 88.0 Å². The van der Waals surface area contributed by atoms with Gasteiger partial charge in [-0.1, -0.05) is 0 Å². The van der Waals surface area contributed by atoms with Crippen molar-refractivity contribution in [3.63, 3.8) is 0 Å². The number of rotatable bonds is 4. The fraction of sp³-hybridized carbons (Fsp3) is 0.222. The fourth-order valence-corrected chi connectivity index (χ4v) is 1.79. The number of benzene rings is 1. The van der Waals surface area contributed by atoms with Crippen LogP contribution in [-0.4, -0.2) is 20.8 Å². The molecular formula is C9H11NO4S. The molecule has 0 aromatic heterocycles. The molecule has 0 aliphatic carbocycles. The third kappa shape index (κ3) is 3.34. The summed E-state index contributed by atoms with van der Waals surface area (Å²) >= 11 is 0. The van der Waals surface area contributed by atoms with E-state index in [1.807, 2.05) is 0 Å². The zero-order chi connectivity index (χ0) is 11.5. The molecule has 0 aliphatic rings. The monoisotopic (exact) mass is 229 g/mol. The minimum Gasteiger partial charge on any atom is -0.399 e. The normalized spacial score (nSPS) is 11.3. The highest BCUT2D eigenvalue weighted by molar-refractivity contribution is 7.86. The Hall–Kier alpha value is -1.40. The van der Waals surface area contributed by atoms with E-state index in [0.717, 1.165) is 0 Å². The lowest BCUT2D eigenvalue weighted by Crippen LogP contribution is -2.12. The van der Waals surface area contributed by atoms with Gasteiger partial charge in [0.05, 0.1) is 4.90 Å². The molecule has 0 amide bonds. The Kier molecular flexibility index (Phi) is 3.43. The van der Waals surface area contributed by atoms with Gasteiger partial charge in [0, 0.05) is 5.69 Å². The second-order valence-corrected chi connectivity index (χ2v) is 4.60. The van der Waals surface area contributed by atoms with Crippen molar-refractivity contribution in [1.82, 2.24) is 0 Å². The first-order valence-electron chi connectivity index (χ1n) is 4.16. The Balaban J connectivity index is 2.87. The van der Waals surface area contributed by atoms with Crippen LogP contribution in [0.5, 0.6) is 0 Å². The molecule has 5 nitrogen and oxygen atoms in total. The predicted octanol–water partition coefficient (Wildman–Crippen LogP) is 0.563. The molecule has 1 aromatic rings. The highest BCUT2D eigenvalue weighted by Gasteiger charge is 2.15. The standard InChI is InChI=1S/C9H11NO4S/c1-7(11)6-14-15(12,13)9-4-2-8(10)3-5-9/h2-5H,6,10H2,1H3. The van der Waals surface area contributed by atoms with E-state index < -0.39 is 16.7 Å². The number of anilines is 1. The number of nitrogens with two attached hydrogens (primary N) is 1. The fourth-order valence-electron chi connectivity index (χ4n) is 0.863. The van der Waals surface area contributed by atoms with Gasteiger partial charge in [-0.15, -0.1) is 0 Å². The van der Waals surface area contributed by atoms with Crippen LogP contribution in [0, 0.1) is 0 Å². The lowest BCUT2D eigenvalue weighted by atomic mass is 10.3. The number of Topliss-reactive ketones (excluding diaryl/α,β-unsaturated/α-hetero) is 1. The van der Waals surface area contributed by atoms with Crippen LogP contribution < -0.4 is 5.73 Å². The van der Waals surface area contributed by atoms with Crippen molar-refractivity contribution in [2.24, 2.45) is 0 Å². The molecule has 0 unspecified atom stereocenters. The molecule has 6 heteroatoms. The molecule has 0 heterocycles. The van der Waals surface area contributed by atoms with Crippen LogP contribution in [0.2, 0.25) is 0 Å². The minimum atomic E-state index is -3.85. The molecule has 82 valence electrons. The first-order chi connectivity index (χ1) is 6.92. The maximum atomic E-state index is 11.4. The first-order valence-corrected chi connectivity index (χ1v) is 5.57. The van der Waals surface area contributed by atoms with E-state index in [2.05, 4.69) is 4.18 Å². The van der Waals surface area contributed by atoms with Gasteiger partial charge < -0.3 is 5.73 Å². The van der Waals surface area contributed by atoms with Crippen molar-refractivity contribution in [2.45, 2.75) is 11.8 Å². The molecular weight excluding hydrogens is 218 g/mol. The number of hydrogen-bond acceptors (Lipinski definition) is 5. The summed E-state index contributed by atoms with van der Waals surface area (Å²) in [5.74, 6) is -0.353. The molecule has 0 atom stereocenters. The van der Waals surface area contributed by atoms with Crippen molar-refractivity contribution in [3.05, 3.63) is 24.3 Å². The number of ketones is 1. The van der Waals surface area contributed by atoms with Gasteiger partial charge in [-0.05, 0) is 31.2 Å². The van der Waals surface area contributed by atoms with E-state index >= 15 is 0 Å². The second kappa shape index (κ2) is 4.41. The third-order valence-corrected chi connectivity index (χ3v) is 2.86. The van der Waals surface area contributed by atoms with Gasteiger partial charge in [-0.2, -0.15) is 8.42 Å². The van der Waals surface area contributed by atoms with Gasteiger partial charge in [0.2, 0.25) is 0 Å². The summed E-state index contributed by atoms with van der Waals surface area (Å²) in [4.78, 5) is 10.6. The zero-order valence-corrected chi connectivity index (χ0v) is 8.95. The summed E-state index contributed by atoms with van der Waals surface area (Å²) in [6.45, 7) is 0.797. The Morgan fingerprint density at radius 2 is 1.87 bits per heavy atom. The van der Waals surface area contributed by atoms with Crippen molar-refractivity contribution >= 4 is 21.6 Å². The largest absolute Gasteiger partial charge is 0.399 e. The van der Waals surface area contributed by atoms with Crippen LogP contribution in [-0.2, 0) is 19.1 Å². The second-order valence-electron chi connectivity index (χ2n) is 2.99. The number of carbonyl (C=O) groups excluding carboxylic acids is 1. The summed E-state index contributed by atoms with van der Waals surface area (Å²) < 4.78 is 27.4. The average molecular weight is 229 g/mol. The topological polar surface area (TPSA) is 86.5 Å². The van der Waals surface area contributed by atoms with E-state index in [0.29, 0.717) is 5.69 Å². The molecule has 0 bridgehead atoms. The van der Waals surface area contributed by atoms with Gasteiger partial charge in [0.25, 0.3) is 10.1 Å². The lowest BCUT2D eigenvalue weighted by molar-refractivity contribution is -0.118. The SMILES string of the molecule is CC(=O)COS(=O)(=O)c1ccc(N)cc1. The minimum absolute atomic E-state index is 0.0158. The summed E-state index contributed by atoms with van der Waals surface area (Å²) in [5, 5.41) is 0. The third-order valence-electron chi connectivity index (χ3n) is 1.59. The molecule has 0 radical (unpaired) electrons. The predicted molar refractivity (Wildman–Crippen MR) is 54.7 cm³/mol. The molecule has 0 aliphatic heterocycles. The van der Waals surface area contributed by atoms with E-state index in [-0.39, 0.29) is 10.7 Å². The van der Waals surface area contributed by atoms with E-state index in [1.54, 1.807) is 0 Å². The van der Waals surface area contributed by atoms with Crippen LogP contribution >= 0.6 is 0 Å². The highest BCUT2D eigenvalue weighted by atomic mass is 32.2. The van der Waals surface area contributed by atoms with Gasteiger partial charge in [-0.25, -0.2) is 0 Å². The summed E-state index contributed by atoms with van der Waals surface area (Å²) in [7, 11) is -3.85. The van der Waals surface area contributed by atoms with Crippen molar-refractivity contribution in [3.8, 4) is 0 Å².